The Hall–Kier alpha value is -2.63. The van der Waals surface area contributed by atoms with Crippen molar-refractivity contribution in [3.63, 3.8) is 0 Å². The molecule has 2 heterocycles. The number of piperazine rings is 1. The fourth-order valence-electron chi connectivity index (χ4n) is 2.85. The molecule has 0 atom stereocenters. The van der Waals surface area contributed by atoms with Gasteiger partial charge in [0.05, 0.1) is 0 Å². The Morgan fingerprint density at radius 2 is 1.79 bits per heavy atom. The Morgan fingerprint density at radius 3 is 2.46 bits per heavy atom. The highest BCUT2D eigenvalue weighted by molar-refractivity contribution is 5.73. The van der Waals surface area contributed by atoms with Crippen LogP contribution in [0.15, 0.2) is 30.3 Å². The first-order valence-corrected chi connectivity index (χ1v) is 8.22. The number of anilines is 3. The third kappa shape index (κ3) is 3.64. The summed E-state index contributed by atoms with van der Waals surface area (Å²) in [5.74, 6) is 1.64. The third-order valence-corrected chi connectivity index (χ3v) is 4.28. The fraction of sp³-hybridized carbons (Fsp3) is 0.389. The number of hydrogen-bond acceptors (Lipinski definition) is 5. The molecule has 1 amide bonds. The van der Waals surface area contributed by atoms with Gasteiger partial charge in [0.15, 0.2) is 0 Å². The summed E-state index contributed by atoms with van der Waals surface area (Å²) in [5, 5.41) is 3.31. The largest absolute Gasteiger partial charge is 0.353 e. The third-order valence-electron chi connectivity index (χ3n) is 4.28. The van der Waals surface area contributed by atoms with E-state index in [-0.39, 0.29) is 5.91 Å². The van der Waals surface area contributed by atoms with Gasteiger partial charge in [-0.3, -0.25) is 4.79 Å². The molecular formula is C18H23N5O. The molecule has 24 heavy (non-hydrogen) atoms. The zero-order valence-electron chi connectivity index (χ0n) is 14.4. The summed E-state index contributed by atoms with van der Waals surface area (Å²) in [6.07, 6.45) is 0. The lowest BCUT2D eigenvalue weighted by Gasteiger charge is -2.35. The first-order valence-electron chi connectivity index (χ1n) is 8.22. The Kier molecular flexibility index (Phi) is 4.64. The van der Waals surface area contributed by atoms with Crippen molar-refractivity contribution in [2.45, 2.75) is 20.8 Å². The van der Waals surface area contributed by atoms with Gasteiger partial charge >= 0.3 is 0 Å². The lowest BCUT2D eigenvalue weighted by atomic mass is 10.2. The summed E-state index contributed by atoms with van der Waals surface area (Å²) >= 11 is 0. The van der Waals surface area contributed by atoms with Crippen molar-refractivity contribution in [2.75, 3.05) is 36.4 Å². The quantitative estimate of drug-likeness (QED) is 0.939. The lowest BCUT2D eigenvalue weighted by Crippen LogP contribution is -2.48. The average Bonchev–Trinajstić information content (AvgIpc) is 2.56. The number of para-hydroxylation sites is 1. The second-order valence-corrected chi connectivity index (χ2v) is 6.12. The summed E-state index contributed by atoms with van der Waals surface area (Å²) in [4.78, 5) is 24.7. The van der Waals surface area contributed by atoms with Gasteiger partial charge in [-0.2, -0.15) is 4.98 Å². The highest BCUT2D eigenvalue weighted by atomic mass is 16.2. The minimum absolute atomic E-state index is 0.135. The molecule has 3 rings (SSSR count). The number of rotatable bonds is 3. The molecule has 0 saturated carbocycles. The minimum Gasteiger partial charge on any atom is -0.353 e. The molecular weight excluding hydrogens is 302 g/mol. The van der Waals surface area contributed by atoms with Crippen LogP contribution in [-0.2, 0) is 4.79 Å². The van der Waals surface area contributed by atoms with Gasteiger partial charge in [0.2, 0.25) is 11.9 Å². The van der Waals surface area contributed by atoms with Crippen LogP contribution in [0.4, 0.5) is 17.5 Å². The molecule has 1 fully saturated rings. The SMILES string of the molecule is CC(=O)N1CCN(c2cc(C)nc(Nc3ccccc3C)n2)CC1. The van der Waals surface area contributed by atoms with E-state index in [1.54, 1.807) is 6.92 Å². The predicted octanol–water partition coefficient (Wildman–Crippen LogP) is 2.51. The standard InChI is InChI=1S/C18H23N5O/c1-13-6-4-5-7-16(13)20-18-19-14(2)12-17(21-18)23-10-8-22(9-11-23)15(3)24/h4-7,12H,8-11H2,1-3H3,(H,19,20,21). The molecule has 6 heteroatoms. The second kappa shape index (κ2) is 6.86. The molecule has 1 N–H and O–H groups in total. The van der Waals surface area contributed by atoms with Gasteiger partial charge in [-0.05, 0) is 25.5 Å². The van der Waals surface area contributed by atoms with Crippen LogP contribution in [0.5, 0.6) is 0 Å². The summed E-state index contributed by atoms with van der Waals surface area (Å²) in [7, 11) is 0. The summed E-state index contributed by atoms with van der Waals surface area (Å²) in [6, 6.07) is 10.1. The highest BCUT2D eigenvalue weighted by Crippen LogP contribution is 2.21. The zero-order chi connectivity index (χ0) is 17.1. The van der Waals surface area contributed by atoms with Crippen molar-refractivity contribution >= 4 is 23.4 Å². The normalized spacial score (nSPS) is 14.6. The Labute approximate surface area is 142 Å². The maximum absolute atomic E-state index is 11.5. The molecule has 1 aliphatic rings. The fourth-order valence-corrected chi connectivity index (χ4v) is 2.85. The predicted molar refractivity (Wildman–Crippen MR) is 95.7 cm³/mol. The van der Waals surface area contributed by atoms with Crippen LogP contribution in [0.25, 0.3) is 0 Å². The maximum atomic E-state index is 11.5. The number of carbonyl (C=O) groups is 1. The van der Waals surface area contributed by atoms with Gasteiger partial charge in [0.1, 0.15) is 5.82 Å². The molecule has 0 aliphatic carbocycles. The zero-order valence-corrected chi connectivity index (χ0v) is 14.4. The molecule has 1 aliphatic heterocycles. The van der Waals surface area contributed by atoms with Crippen molar-refractivity contribution in [3.05, 3.63) is 41.6 Å². The molecule has 0 spiro atoms. The number of amides is 1. The molecule has 2 aromatic rings. The van der Waals surface area contributed by atoms with Gasteiger partial charge in [-0.1, -0.05) is 18.2 Å². The van der Waals surface area contributed by atoms with Crippen LogP contribution in [0.1, 0.15) is 18.2 Å². The van der Waals surface area contributed by atoms with Crippen LogP contribution >= 0.6 is 0 Å². The van der Waals surface area contributed by atoms with Gasteiger partial charge in [-0.25, -0.2) is 4.98 Å². The van der Waals surface area contributed by atoms with E-state index in [4.69, 9.17) is 0 Å². The summed E-state index contributed by atoms with van der Waals surface area (Å²) in [6.45, 7) is 8.70. The number of nitrogens with one attached hydrogen (secondary N) is 1. The smallest absolute Gasteiger partial charge is 0.229 e. The number of nitrogens with zero attached hydrogens (tertiary/aromatic N) is 4. The first-order chi connectivity index (χ1) is 11.5. The van der Waals surface area contributed by atoms with E-state index in [2.05, 4.69) is 33.2 Å². The van der Waals surface area contributed by atoms with Crippen LogP contribution in [0, 0.1) is 13.8 Å². The van der Waals surface area contributed by atoms with Gasteiger partial charge in [-0.15, -0.1) is 0 Å². The van der Waals surface area contributed by atoms with Gasteiger partial charge in [0.25, 0.3) is 0 Å². The molecule has 0 radical (unpaired) electrons. The molecule has 1 saturated heterocycles. The molecule has 1 aromatic carbocycles. The Bertz CT molecular complexity index is 738. The second-order valence-electron chi connectivity index (χ2n) is 6.12. The van der Waals surface area contributed by atoms with Crippen molar-refractivity contribution in [2.24, 2.45) is 0 Å². The summed E-state index contributed by atoms with van der Waals surface area (Å²) in [5.41, 5.74) is 3.08. The van der Waals surface area contributed by atoms with Crippen molar-refractivity contribution in [1.29, 1.82) is 0 Å². The number of aromatic nitrogens is 2. The van der Waals surface area contributed by atoms with Crippen LogP contribution in [-0.4, -0.2) is 47.0 Å². The number of aryl methyl sites for hydroxylation is 2. The monoisotopic (exact) mass is 325 g/mol. The van der Waals surface area contributed by atoms with Gasteiger partial charge in [0, 0.05) is 50.6 Å². The first kappa shape index (κ1) is 16.2. The van der Waals surface area contributed by atoms with Gasteiger partial charge < -0.3 is 15.1 Å². The summed E-state index contributed by atoms with van der Waals surface area (Å²) < 4.78 is 0. The maximum Gasteiger partial charge on any atom is 0.229 e. The Morgan fingerprint density at radius 1 is 1.08 bits per heavy atom. The average molecular weight is 325 g/mol. The van der Waals surface area contributed by atoms with Crippen molar-refractivity contribution in [3.8, 4) is 0 Å². The number of carbonyl (C=O) groups excluding carboxylic acids is 1. The van der Waals surface area contributed by atoms with E-state index in [0.29, 0.717) is 5.95 Å². The molecule has 0 bridgehead atoms. The molecule has 1 aromatic heterocycles. The molecule has 126 valence electrons. The number of hydrogen-bond donors (Lipinski definition) is 1. The Balaban J connectivity index is 1.77. The van der Waals surface area contributed by atoms with E-state index in [9.17, 15) is 4.79 Å². The molecule has 0 unspecified atom stereocenters. The van der Waals surface area contributed by atoms with E-state index in [0.717, 1.165) is 48.9 Å². The van der Waals surface area contributed by atoms with E-state index >= 15 is 0 Å². The topological polar surface area (TPSA) is 61.4 Å². The molecule has 6 nitrogen and oxygen atoms in total. The van der Waals surface area contributed by atoms with E-state index in [1.807, 2.05) is 36.1 Å². The highest BCUT2D eigenvalue weighted by Gasteiger charge is 2.20. The van der Waals surface area contributed by atoms with E-state index in [1.165, 1.54) is 0 Å². The van der Waals surface area contributed by atoms with Crippen LogP contribution < -0.4 is 10.2 Å². The lowest BCUT2D eigenvalue weighted by molar-refractivity contribution is -0.129. The van der Waals surface area contributed by atoms with Crippen LogP contribution in [0.2, 0.25) is 0 Å². The van der Waals surface area contributed by atoms with Crippen molar-refractivity contribution in [1.82, 2.24) is 14.9 Å². The van der Waals surface area contributed by atoms with E-state index < -0.39 is 0 Å². The van der Waals surface area contributed by atoms with Crippen molar-refractivity contribution < 1.29 is 4.79 Å². The number of benzene rings is 1. The van der Waals surface area contributed by atoms with Crippen LogP contribution in [0.3, 0.4) is 0 Å². The minimum atomic E-state index is 0.135.